The molecule has 1 unspecified atom stereocenters. The maximum absolute atomic E-state index is 13.3. The summed E-state index contributed by atoms with van der Waals surface area (Å²) in [6.07, 6.45) is 4.62. The number of anilines is 3. The van der Waals surface area contributed by atoms with Gasteiger partial charge in [-0.2, -0.15) is 5.10 Å². The summed E-state index contributed by atoms with van der Waals surface area (Å²) in [5.41, 5.74) is -1.20. The summed E-state index contributed by atoms with van der Waals surface area (Å²) in [7, 11) is 0. The topological polar surface area (TPSA) is 199 Å². The minimum atomic E-state index is -3.86. The monoisotopic (exact) mass is 803 g/mol. The van der Waals surface area contributed by atoms with Crippen molar-refractivity contribution >= 4 is 64.2 Å². The van der Waals surface area contributed by atoms with Gasteiger partial charge >= 0.3 is 5.57 Å². The molecule has 57 heavy (non-hydrogen) atoms. The number of unbranched alkanes of at least 4 members (excludes halogenated alkanes) is 1. The molecule has 296 valence electrons. The molecule has 0 radical (unpaired) electrons. The van der Waals surface area contributed by atoms with Crippen LogP contribution in [0.3, 0.4) is 0 Å². The number of pyridine rings is 1. The number of aromatic amines is 1. The van der Waals surface area contributed by atoms with Gasteiger partial charge in [0.1, 0.15) is 17.6 Å². The lowest BCUT2D eigenvalue weighted by Crippen LogP contribution is -2.54. The maximum Gasteiger partial charge on any atom is 0.487 e. The minimum Gasteiger partial charge on any atom is -0.420 e. The van der Waals surface area contributed by atoms with Crippen LogP contribution in [0.25, 0.3) is 11.3 Å². The summed E-state index contributed by atoms with van der Waals surface area (Å²) in [6, 6.07) is 12.5. The quantitative estimate of drug-likeness (QED) is 0.0858. The van der Waals surface area contributed by atoms with Gasteiger partial charge in [-0.05, 0) is 67.8 Å². The number of piperazine rings is 1. The highest BCUT2D eigenvalue weighted by Gasteiger charge is 2.45. The first-order chi connectivity index (χ1) is 27.4. The average Bonchev–Trinajstić information content (AvgIpc) is 3.82. The van der Waals surface area contributed by atoms with Crippen LogP contribution in [-0.2, 0) is 14.4 Å². The fraction of sp³-hybridized carbons (Fsp3) is 0.316. The average molecular weight is 804 g/mol. The number of fused-ring (bicyclic) bond motifs is 1. The molecule has 3 aliphatic heterocycles. The normalized spacial score (nSPS) is 17.0. The number of H-pyrrole nitrogens is 1. The summed E-state index contributed by atoms with van der Waals surface area (Å²) >= 11 is 4.82. The van der Waals surface area contributed by atoms with Crippen LogP contribution in [0.2, 0.25) is 0 Å². The fourth-order valence-electron chi connectivity index (χ4n) is 6.99. The zero-order chi connectivity index (χ0) is 40.3. The second kappa shape index (κ2) is 16.4. The first-order valence-electron chi connectivity index (χ1n) is 18.1. The van der Waals surface area contributed by atoms with Gasteiger partial charge in [0.25, 0.3) is 17.7 Å². The number of hydrogen-bond donors (Lipinski definition) is 4. The smallest absolute Gasteiger partial charge is 0.420 e. The molecule has 2 fully saturated rings. The van der Waals surface area contributed by atoms with E-state index >= 15 is 0 Å². The second-order valence-corrected chi connectivity index (χ2v) is 14.0. The third-order valence-electron chi connectivity index (χ3n) is 9.80. The number of hydrogen-bond acceptors (Lipinski definition) is 11. The number of carbonyl (C=O) groups excluding carboxylic acids is 6. The first kappa shape index (κ1) is 38.8. The van der Waals surface area contributed by atoms with Crippen LogP contribution in [-0.4, -0.2) is 105 Å². The molecule has 4 aromatic rings. The lowest BCUT2D eigenvalue weighted by Gasteiger charge is -2.36. The molecule has 4 N–H and O–H groups in total. The van der Waals surface area contributed by atoms with Crippen molar-refractivity contribution in [3.8, 4) is 17.0 Å². The van der Waals surface area contributed by atoms with Crippen molar-refractivity contribution in [1.29, 1.82) is 0 Å². The van der Waals surface area contributed by atoms with Crippen LogP contribution in [0.15, 0.2) is 67.0 Å². The number of alkyl halides is 3. The molecule has 2 aromatic heterocycles. The van der Waals surface area contributed by atoms with Crippen LogP contribution >= 0.6 is 11.6 Å². The van der Waals surface area contributed by atoms with Gasteiger partial charge < -0.3 is 25.2 Å². The minimum absolute atomic E-state index is 0.000596. The maximum atomic E-state index is 13.3. The highest BCUT2D eigenvalue weighted by atomic mass is 35.5. The molecule has 0 bridgehead atoms. The van der Waals surface area contributed by atoms with E-state index in [4.69, 9.17) is 11.6 Å². The zero-order valence-corrected chi connectivity index (χ0v) is 31.0. The van der Waals surface area contributed by atoms with E-state index in [-0.39, 0.29) is 41.2 Å². The van der Waals surface area contributed by atoms with E-state index in [9.17, 15) is 37.5 Å². The van der Waals surface area contributed by atoms with E-state index in [1.54, 1.807) is 35.4 Å². The highest BCUT2D eigenvalue weighted by molar-refractivity contribution is 6.25. The van der Waals surface area contributed by atoms with Crippen molar-refractivity contribution in [2.45, 2.75) is 43.7 Å². The molecule has 19 heteroatoms. The van der Waals surface area contributed by atoms with Crippen molar-refractivity contribution in [2.75, 3.05) is 48.3 Å². The number of rotatable bonds is 13. The van der Waals surface area contributed by atoms with Gasteiger partial charge in [-0.15, -0.1) is 8.78 Å². The molecule has 5 heterocycles. The molecule has 2 saturated heterocycles. The Labute approximate surface area is 328 Å². The number of piperidine rings is 1. The molecule has 2 aromatic carbocycles. The van der Waals surface area contributed by atoms with Crippen molar-refractivity contribution < 1.29 is 42.3 Å². The summed E-state index contributed by atoms with van der Waals surface area (Å²) < 4.78 is 30.2. The Morgan fingerprint density at radius 1 is 0.965 bits per heavy atom. The Morgan fingerprint density at radius 2 is 1.74 bits per heavy atom. The molecule has 3 aliphatic rings. The lowest BCUT2D eigenvalue weighted by molar-refractivity contribution is -0.136. The number of nitrogens with zero attached hydrogens (tertiary/aromatic N) is 5. The van der Waals surface area contributed by atoms with E-state index in [2.05, 4.69) is 35.9 Å². The van der Waals surface area contributed by atoms with E-state index < -0.39 is 41.1 Å². The summed E-state index contributed by atoms with van der Waals surface area (Å²) in [5, 5.41) is 15.1. The van der Waals surface area contributed by atoms with Crippen LogP contribution in [0.5, 0.6) is 5.75 Å². The van der Waals surface area contributed by atoms with Gasteiger partial charge in [0.05, 0.1) is 22.4 Å². The number of nitrogens with one attached hydrogen (secondary N) is 4. The van der Waals surface area contributed by atoms with Gasteiger partial charge in [-0.3, -0.25) is 44.1 Å². The van der Waals surface area contributed by atoms with Crippen molar-refractivity contribution in [2.24, 2.45) is 0 Å². The van der Waals surface area contributed by atoms with Crippen molar-refractivity contribution in [3.63, 3.8) is 0 Å². The molecule has 0 aliphatic carbocycles. The number of carbonyl (C=O) groups is 6. The van der Waals surface area contributed by atoms with Gasteiger partial charge in [0, 0.05) is 86.5 Å². The molecule has 6 amide bonds. The number of imide groups is 2. The van der Waals surface area contributed by atoms with Gasteiger partial charge in [0.2, 0.25) is 17.7 Å². The fourth-order valence-corrected chi connectivity index (χ4v) is 7.08. The number of halogens is 3. The van der Waals surface area contributed by atoms with Crippen LogP contribution in [0.1, 0.15) is 63.2 Å². The number of benzene rings is 2. The largest absolute Gasteiger partial charge is 0.487 e. The van der Waals surface area contributed by atoms with Crippen LogP contribution < -0.4 is 25.6 Å². The number of aromatic nitrogens is 3. The van der Waals surface area contributed by atoms with Gasteiger partial charge in [-0.25, -0.2) is 4.98 Å². The van der Waals surface area contributed by atoms with E-state index in [1.165, 1.54) is 36.5 Å². The Kier molecular flexibility index (Phi) is 11.1. The summed E-state index contributed by atoms with van der Waals surface area (Å²) in [4.78, 5) is 86.2. The van der Waals surface area contributed by atoms with E-state index in [1.807, 2.05) is 4.90 Å². The Balaban J connectivity index is 0.900. The zero-order valence-electron chi connectivity index (χ0n) is 30.2. The Bertz CT molecular complexity index is 2210. The molecule has 0 spiro atoms. The predicted molar refractivity (Wildman–Crippen MR) is 202 cm³/mol. The number of amides is 6. The standard InChI is InChI=1S/C38H36ClF2N9O7/c39-38(40,41)57-24-9-7-23(8-10-24)45-34(53)22-20-26(27-13-15-44-47-27)33(43-21-22)49-18-16-48(17-19-49)31(52)6-1-2-14-42-28-5-3-4-25-32(28)37(56)50(36(25)55)29-11-12-30(51)46-35(29)54/h3-5,7-10,13,15,20-21,29,42H,1-2,6,11-12,14,16-19H2,(H,44,47)(H,45,53)(H,46,51,54). The molecular formula is C38H36ClF2N9O7. The van der Waals surface area contributed by atoms with E-state index in [0.29, 0.717) is 80.4 Å². The van der Waals surface area contributed by atoms with E-state index in [0.717, 1.165) is 4.90 Å². The number of ether oxygens (including phenoxy) is 1. The Morgan fingerprint density at radius 3 is 2.44 bits per heavy atom. The molecule has 0 saturated carbocycles. The third kappa shape index (κ3) is 8.70. The highest BCUT2D eigenvalue weighted by Crippen LogP contribution is 2.33. The predicted octanol–water partition coefficient (Wildman–Crippen LogP) is 4.22. The van der Waals surface area contributed by atoms with Gasteiger partial charge in [0.15, 0.2) is 0 Å². The lowest BCUT2D eigenvalue weighted by atomic mass is 10.0. The second-order valence-electron chi connectivity index (χ2n) is 13.5. The SMILES string of the molecule is O=C1CCC(N2C(=O)c3cccc(NCCCCC(=O)N4CCN(c5ncc(C(=O)Nc6ccc(OC(F)(F)Cl)cc6)cc5-c5ccn[nH]5)CC4)c3C2=O)C(=O)N1. The van der Waals surface area contributed by atoms with Crippen LogP contribution in [0, 0.1) is 0 Å². The van der Waals surface area contributed by atoms with Crippen molar-refractivity contribution in [3.05, 3.63) is 83.7 Å². The molecular weight excluding hydrogens is 768 g/mol. The molecule has 16 nitrogen and oxygen atoms in total. The first-order valence-corrected chi connectivity index (χ1v) is 18.5. The summed E-state index contributed by atoms with van der Waals surface area (Å²) in [6.45, 7) is 2.32. The van der Waals surface area contributed by atoms with Crippen molar-refractivity contribution in [1.82, 2.24) is 30.3 Å². The third-order valence-corrected chi connectivity index (χ3v) is 9.88. The summed E-state index contributed by atoms with van der Waals surface area (Å²) in [5.74, 6) is -2.34. The van der Waals surface area contributed by atoms with Gasteiger partial charge in [-0.1, -0.05) is 6.07 Å². The Hall–Kier alpha value is -6.43. The van der Waals surface area contributed by atoms with Crippen LogP contribution in [0.4, 0.5) is 26.0 Å². The molecule has 7 rings (SSSR count). The molecule has 1 atom stereocenters.